The zero-order valence-electron chi connectivity index (χ0n) is 17.7. The van der Waals surface area contributed by atoms with Crippen LogP contribution in [0.3, 0.4) is 0 Å². The quantitative estimate of drug-likeness (QED) is 0.641. The van der Waals surface area contributed by atoms with E-state index in [1.54, 1.807) is 36.3 Å². The minimum absolute atomic E-state index is 0.00456. The first-order valence-corrected chi connectivity index (χ1v) is 10.3. The van der Waals surface area contributed by atoms with Crippen LogP contribution in [0.1, 0.15) is 10.4 Å². The van der Waals surface area contributed by atoms with Crippen LogP contribution in [0.4, 0.5) is 14.5 Å². The number of nitrogens with one attached hydrogen (secondary N) is 1. The van der Waals surface area contributed by atoms with Gasteiger partial charge in [-0.2, -0.15) is 5.10 Å². The molecule has 2 aliphatic rings. The summed E-state index contributed by atoms with van der Waals surface area (Å²) in [5, 5.41) is 6.64. The van der Waals surface area contributed by atoms with Gasteiger partial charge in [0.2, 0.25) is 0 Å². The smallest absolute Gasteiger partial charge is 0.262 e. The Morgan fingerprint density at radius 1 is 1.21 bits per heavy atom. The number of amides is 2. The summed E-state index contributed by atoms with van der Waals surface area (Å²) in [7, 11) is 1.79. The zero-order valence-corrected chi connectivity index (χ0v) is 17.7. The highest BCUT2D eigenvalue weighted by atomic mass is 19.1. The molecule has 0 spiro atoms. The van der Waals surface area contributed by atoms with E-state index in [0.29, 0.717) is 18.7 Å². The Balaban J connectivity index is 1.17. The summed E-state index contributed by atoms with van der Waals surface area (Å²) in [5.74, 6) is -1.74. The first kappa shape index (κ1) is 20.9. The van der Waals surface area contributed by atoms with Crippen molar-refractivity contribution < 1.29 is 27.8 Å². The average Bonchev–Trinajstić information content (AvgIpc) is 3.19. The molecule has 2 aliphatic heterocycles. The number of halogens is 2. The highest BCUT2D eigenvalue weighted by molar-refractivity contribution is 6.00. The summed E-state index contributed by atoms with van der Waals surface area (Å²) in [6, 6.07) is 7.10. The third-order valence-corrected chi connectivity index (χ3v) is 5.62. The van der Waals surface area contributed by atoms with Crippen LogP contribution in [-0.4, -0.2) is 52.8 Å². The number of hydrogen-bond donors (Lipinski definition) is 1. The fourth-order valence-corrected chi connectivity index (χ4v) is 3.85. The van der Waals surface area contributed by atoms with Crippen LogP contribution in [0.2, 0.25) is 0 Å². The van der Waals surface area contributed by atoms with E-state index < -0.39 is 17.5 Å². The molecule has 0 bridgehead atoms. The molecule has 0 aliphatic carbocycles. The molecule has 170 valence electrons. The molecule has 1 fully saturated rings. The summed E-state index contributed by atoms with van der Waals surface area (Å²) in [6.45, 7) is 0.741. The number of hydrogen-bond acceptors (Lipinski definition) is 5. The van der Waals surface area contributed by atoms with E-state index >= 15 is 0 Å². The fraction of sp³-hybridized carbons (Fsp3) is 0.261. The number of carbonyl (C=O) groups is 2. The van der Waals surface area contributed by atoms with Crippen molar-refractivity contribution in [3.63, 3.8) is 0 Å². The standard InChI is InChI=1S/C23H20F2N4O4/c1-28-10-15(7-26-28)14-2-3-20(18(25)4-14)32-11-13-8-29(9-13)23(31)16-5-19-21(6-17(16)24)33-12-22(30)27-19/h2-7,10,13H,8-9,11-12H2,1H3,(H,27,30). The Bertz CT molecular complexity index is 1250. The molecule has 1 N–H and O–H groups in total. The summed E-state index contributed by atoms with van der Waals surface area (Å²) in [4.78, 5) is 25.6. The molecule has 1 aromatic heterocycles. The predicted molar refractivity (Wildman–Crippen MR) is 114 cm³/mol. The second-order valence-electron chi connectivity index (χ2n) is 8.10. The molecular formula is C23H20F2N4O4. The monoisotopic (exact) mass is 454 g/mol. The lowest BCUT2D eigenvalue weighted by molar-refractivity contribution is -0.118. The average molecular weight is 454 g/mol. The van der Waals surface area contributed by atoms with E-state index in [4.69, 9.17) is 9.47 Å². The minimum Gasteiger partial charge on any atom is -0.490 e. The molecule has 0 radical (unpaired) electrons. The summed E-state index contributed by atoms with van der Waals surface area (Å²) < 4.78 is 41.3. The maximum atomic E-state index is 14.5. The molecule has 1 saturated heterocycles. The van der Waals surface area contributed by atoms with E-state index in [1.165, 1.54) is 17.0 Å². The van der Waals surface area contributed by atoms with Gasteiger partial charge in [-0.1, -0.05) is 6.07 Å². The van der Waals surface area contributed by atoms with Crippen molar-refractivity contribution in [2.75, 3.05) is 31.6 Å². The van der Waals surface area contributed by atoms with Crippen LogP contribution >= 0.6 is 0 Å². The molecule has 0 saturated carbocycles. The summed E-state index contributed by atoms with van der Waals surface area (Å²) in [5.41, 5.74) is 1.62. The molecule has 10 heteroatoms. The number of benzene rings is 2. The van der Waals surface area contributed by atoms with Crippen molar-refractivity contribution in [1.82, 2.24) is 14.7 Å². The molecule has 0 atom stereocenters. The van der Waals surface area contributed by atoms with Crippen molar-refractivity contribution in [1.29, 1.82) is 0 Å². The van der Waals surface area contributed by atoms with Crippen LogP contribution in [0.5, 0.6) is 11.5 Å². The van der Waals surface area contributed by atoms with Gasteiger partial charge in [0.25, 0.3) is 11.8 Å². The van der Waals surface area contributed by atoms with Gasteiger partial charge in [-0.3, -0.25) is 14.3 Å². The summed E-state index contributed by atoms with van der Waals surface area (Å²) >= 11 is 0. The number of nitrogens with zero attached hydrogens (tertiary/aromatic N) is 3. The van der Waals surface area contributed by atoms with Gasteiger partial charge in [-0.25, -0.2) is 8.78 Å². The van der Waals surface area contributed by atoms with Gasteiger partial charge < -0.3 is 19.7 Å². The molecule has 3 heterocycles. The van der Waals surface area contributed by atoms with Gasteiger partial charge in [0.15, 0.2) is 18.2 Å². The largest absolute Gasteiger partial charge is 0.490 e. The van der Waals surface area contributed by atoms with Crippen molar-refractivity contribution in [3.05, 3.63) is 59.9 Å². The van der Waals surface area contributed by atoms with E-state index in [9.17, 15) is 18.4 Å². The Morgan fingerprint density at radius 2 is 2.03 bits per heavy atom. The highest BCUT2D eigenvalue weighted by Gasteiger charge is 2.34. The van der Waals surface area contributed by atoms with Gasteiger partial charge in [0.05, 0.1) is 24.1 Å². The molecule has 3 aromatic rings. The summed E-state index contributed by atoms with van der Waals surface area (Å²) in [6.07, 6.45) is 3.45. The van der Waals surface area contributed by atoms with Crippen molar-refractivity contribution in [2.45, 2.75) is 0 Å². The van der Waals surface area contributed by atoms with Crippen molar-refractivity contribution in [3.8, 4) is 22.6 Å². The zero-order chi connectivity index (χ0) is 23.1. The van der Waals surface area contributed by atoms with Gasteiger partial charge in [0, 0.05) is 43.9 Å². The molecule has 8 nitrogen and oxygen atoms in total. The predicted octanol–water partition coefficient (Wildman–Crippen LogP) is 2.85. The van der Waals surface area contributed by atoms with Crippen LogP contribution in [0, 0.1) is 17.6 Å². The third-order valence-electron chi connectivity index (χ3n) is 5.62. The highest BCUT2D eigenvalue weighted by Crippen LogP contribution is 2.32. The fourth-order valence-electron chi connectivity index (χ4n) is 3.85. The number of carbonyl (C=O) groups excluding carboxylic acids is 2. The Hall–Kier alpha value is -3.95. The molecular weight excluding hydrogens is 434 g/mol. The second kappa shape index (κ2) is 8.19. The third kappa shape index (κ3) is 4.11. The second-order valence-corrected chi connectivity index (χ2v) is 8.10. The van der Waals surface area contributed by atoms with Gasteiger partial charge in [0.1, 0.15) is 11.6 Å². The Labute approximate surface area is 187 Å². The van der Waals surface area contributed by atoms with Gasteiger partial charge >= 0.3 is 0 Å². The Kier molecular flexibility index (Phi) is 5.20. The lowest BCUT2D eigenvalue weighted by Crippen LogP contribution is -2.52. The number of fused-ring (bicyclic) bond motifs is 1. The minimum atomic E-state index is -0.717. The first-order valence-electron chi connectivity index (χ1n) is 10.3. The van der Waals surface area contributed by atoms with E-state index in [0.717, 1.165) is 11.6 Å². The van der Waals surface area contributed by atoms with Crippen LogP contribution in [-0.2, 0) is 11.8 Å². The normalized spacial score (nSPS) is 15.4. The van der Waals surface area contributed by atoms with Crippen LogP contribution in [0.25, 0.3) is 11.1 Å². The SMILES string of the molecule is Cn1cc(-c2ccc(OCC3CN(C(=O)c4cc5c(cc4F)OCC(=O)N5)C3)c(F)c2)cn1. The van der Waals surface area contributed by atoms with E-state index in [1.807, 2.05) is 0 Å². The number of rotatable bonds is 5. The van der Waals surface area contributed by atoms with Gasteiger partial charge in [-0.05, 0) is 23.8 Å². The number of aryl methyl sites for hydroxylation is 1. The van der Waals surface area contributed by atoms with E-state index in [2.05, 4.69) is 10.4 Å². The van der Waals surface area contributed by atoms with Crippen molar-refractivity contribution >= 4 is 17.5 Å². The number of aromatic nitrogens is 2. The molecule has 2 aromatic carbocycles. The van der Waals surface area contributed by atoms with Gasteiger partial charge in [-0.15, -0.1) is 0 Å². The molecule has 0 unspecified atom stereocenters. The molecule has 2 amide bonds. The topological polar surface area (TPSA) is 85.7 Å². The maximum absolute atomic E-state index is 14.5. The van der Waals surface area contributed by atoms with E-state index in [-0.39, 0.29) is 47.8 Å². The molecule has 33 heavy (non-hydrogen) atoms. The lowest BCUT2D eigenvalue weighted by Gasteiger charge is -2.39. The lowest BCUT2D eigenvalue weighted by atomic mass is 9.99. The van der Waals surface area contributed by atoms with Crippen molar-refractivity contribution in [2.24, 2.45) is 13.0 Å². The first-order chi connectivity index (χ1) is 15.9. The number of ether oxygens (including phenoxy) is 2. The van der Waals surface area contributed by atoms with Crippen LogP contribution < -0.4 is 14.8 Å². The molecule has 5 rings (SSSR count). The number of likely N-dealkylation sites (tertiary alicyclic amines) is 1. The van der Waals surface area contributed by atoms with Crippen LogP contribution in [0.15, 0.2) is 42.7 Å². The number of anilines is 1. The Morgan fingerprint density at radius 3 is 2.76 bits per heavy atom. The maximum Gasteiger partial charge on any atom is 0.262 e.